The average molecular weight is 347 g/mol. The van der Waals surface area contributed by atoms with Gasteiger partial charge in [-0.3, -0.25) is 5.32 Å². The van der Waals surface area contributed by atoms with Gasteiger partial charge in [-0.05, 0) is 17.9 Å². The Morgan fingerprint density at radius 2 is 2.39 bits per heavy atom. The number of fused-ring (bicyclic) bond motifs is 1. The van der Waals surface area contributed by atoms with Gasteiger partial charge in [-0.1, -0.05) is 6.07 Å². The van der Waals surface area contributed by atoms with Crippen molar-refractivity contribution in [2.75, 3.05) is 5.32 Å². The molecule has 0 unspecified atom stereocenters. The molecule has 4 rings (SSSR count). The lowest BCUT2D eigenvalue weighted by molar-refractivity contribution is 0.243. The predicted octanol–water partition coefficient (Wildman–Crippen LogP) is 1.99. The van der Waals surface area contributed by atoms with Gasteiger partial charge in [0.05, 0.1) is 17.5 Å². The molecule has 0 bridgehead atoms. The molecule has 10 heteroatoms. The number of carbonyl (C=O) groups is 1. The number of aryl methyl sites for hydroxylation is 1. The molecular formula is C13H13N7OS2. The van der Waals surface area contributed by atoms with Crippen LogP contribution in [-0.4, -0.2) is 36.2 Å². The lowest BCUT2D eigenvalue weighted by Gasteiger charge is -2.23. The first-order valence-corrected chi connectivity index (χ1v) is 8.75. The summed E-state index contributed by atoms with van der Waals surface area (Å²) in [7, 11) is 0. The largest absolute Gasteiger partial charge is 0.333 e. The molecule has 0 radical (unpaired) electrons. The highest BCUT2D eigenvalue weighted by atomic mass is 32.1. The van der Waals surface area contributed by atoms with Gasteiger partial charge in [-0.2, -0.15) is 14.5 Å². The van der Waals surface area contributed by atoms with Gasteiger partial charge in [0.1, 0.15) is 12.2 Å². The van der Waals surface area contributed by atoms with Crippen LogP contribution >= 0.6 is 22.9 Å². The molecule has 0 saturated heterocycles. The molecule has 1 atom stereocenters. The van der Waals surface area contributed by atoms with Crippen molar-refractivity contribution >= 4 is 34.0 Å². The predicted molar refractivity (Wildman–Crippen MR) is 87.5 cm³/mol. The van der Waals surface area contributed by atoms with Crippen molar-refractivity contribution in [1.29, 1.82) is 0 Å². The molecule has 3 aromatic heterocycles. The number of aromatic nitrogens is 5. The molecule has 8 nitrogen and oxygen atoms in total. The number of amides is 2. The second-order valence-electron chi connectivity index (χ2n) is 5.09. The van der Waals surface area contributed by atoms with E-state index in [1.165, 1.54) is 11.5 Å². The Balaban J connectivity index is 1.36. The summed E-state index contributed by atoms with van der Waals surface area (Å²) in [5.41, 5.74) is 0. The topological polar surface area (TPSA) is 97.6 Å². The highest BCUT2D eigenvalue weighted by Crippen LogP contribution is 2.25. The number of nitrogens with zero attached hydrogens (tertiary/aromatic N) is 5. The van der Waals surface area contributed by atoms with Crippen LogP contribution in [0, 0.1) is 0 Å². The van der Waals surface area contributed by atoms with Crippen molar-refractivity contribution in [3.8, 4) is 10.7 Å². The van der Waals surface area contributed by atoms with Crippen molar-refractivity contribution in [3.05, 3.63) is 29.7 Å². The molecule has 2 amide bonds. The number of urea groups is 1. The monoisotopic (exact) mass is 347 g/mol. The lowest BCUT2D eigenvalue weighted by atomic mass is 10.1. The third kappa shape index (κ3) is 3.08. The van der Waals surface area contributed by atoms with Crippen LogP contribution in [0.2, 0.25) is 0 Å². The summed E-state index contributed by atoms with van der Waals surface area (Å²) in [6, 6.07) is 3.66. The van der Waals surface area contributed by atoms with Crippen LogP contribution in [0.4, 0.5) is 9.93 Å². The maximum Gasteiger partial charge on any atom is 0.321 e. The first-order chi connectivity index (χ1) is 11.3. The highest BCUT2D eigenvalue weighted by molar-refractivity contribution is 7.14. The Morgan fingerprint density at radius 3 is 3.26 bits per heavy atom. The zero-order valence-corrected chi connectivity index (χ0v) is 13.6. The SMILES string of the molecule is O=C(Nc1nc(-c2cccs2)ns1)N[C@H]1CCc2ncnn2C1. The normalized spacial score (nSPS) is 16.8. The van der Waals surface area contributed by atoms with E-state index in [0.717, 1.165) is 23.5 Å². The minimum atomic E-state index is -0.271. The van der Waals surface area contributed by atoms with E-state index < -0.39 is 0 Å². The van der Waals surface area contributed by atoms with Crippen LogP contribution in [0.25, 0.3) is 10.7 Å². The van der Waals surface area contributed by atoms with Crippen LogP contribution in [-0.2, 0) is 13.0 Å². The Kier molecular flexibility index (Phi) is 3.75. The van der Waals surface area contributed by atoms with E-state index in [9.17, 15) is 4.79 Å². The first kappa shape index (κ1) is 14.3. The van der Waals surface area contributed by atoms with Gasteiger partial charge in [0, 0.05) is 18.0 Å². The number of hydrogen-bond acceptors (Lipinski definition) is 7. The van der Waals surface area contributed by atoms with Crippen molar-refractivity contribution in [2.45, 2.75) is 25.4 Å². The molecule has 0 saturated carbocycles. The van der Waals surface area contributed by atoms with Crippen LogP contribution < -0.4 is 10.6 Å². The minimum Gasteiger partial charge on any atom is -0.333 e. The Labute approximate surface area is 139 Å². The zero-order chi connectivity index (χ0) is 15.6. The molecular weight excluding hydrogens is 334 g/mol. The van der Waals surface area contributed by atoms with Gasteiger partial charge >= 0.3 is 6.03 Å². The summed E-state index contributed by atoms with van der Waals surface area (Å²) in [6.45, 7) is 0.638. The molecule has 3 aromatic rings. The van der Waals surface area contributed by atoms with Crippen molar-refractivity contribution in [1.82, 2.24) is 29.4 Å². The number of rotatable bonds is 3. The standard InChI is InChI=1S/C13H13N7OS2/c21-12(16-8-3-4-10-14-7-15-20(10)6-8)18-13-17-11(19-23-13)9-2-1-5-22-9/h1-2,5,7-8H,3-4,6H2,(H2,16,17,18,19,21)/t8-/m0/s1. The van der Waals surface area contributed by atoms with Crippen LogP contribution in [0.1, 0.15) is 12.2 Å². The Morgan fingerprint density at radius 1 is 1.43 bits per heavy atom. The van der Waals surface area contributed by atoms with E-state index >= 15 is 0 Å². The summed E-state index contributed by atoms with van der Waals surface area (Å²) in [4.78, 5) is 21.6. The summed E-state index contributed by atoms with van der Waals surface area (Å²) in [5.74, 6) is 1.61. The van der Waals surface area contributed by atoms with Crippen LogP contribution in [0.5, 0.6) is 0 Å². The second kappa shape index (κ2) is 6.05. The van der Waals surface area contributed by atoms with Crippen LogP contribution in [0.3, 0.4) is 0 Å². The molecule has 23 heavy (non-hydrogen) atoms. The van der Waals surface area contributed by atoms with Gasteiger partial charge in [-0.25, -0.2) is 14.5 Å². The van der Waals surface area contributed by atoms with Gasteiger partial charge in [0.2, 0.25) is 5.13 Å². The maximum atomic E-state index is 12.1. The van der Waals surface area contributed by atoms with E-state index in [2.05, 4.69) is 30.1 Å². The fourth-order valence-corrected chi connectivity index (χ4v) is 3.75. The van der Waals surface area contributed by atoms with Gasteiger partial charge in [0.15, 0.2) is 5.82 Å². The van der Waals surface area contributed by atoms with Crippen LogP contribution in [0.15, 0.2) is 23.8 Å². The van der Waals surface area contributed by atoms with Crippen molar-refractivity contribution in [3.63, 3.8) is 0 Å². The van der Waals surface area contributed by atoms with E-state index in [1.54, 1.807) is 17.7 Å². The van der Waals surface area contributed by atoms with E-state index in [-0.39, 0.29) is 12.1 Å². The summed E-state index contributed by atoms with van der Waals surface area (Å²) >= 11 is 2.74. The fraction of sp³-hybridized carbons (Fsp3) is 0.308. The zero-order valence-electron chi connectivity index (χ0n) is 12.0. The van der Waals surface area contributed by atoms with Gasteiger partial charge in [0.25, 0.3) is 0 Å². The smallest absolute Gasteiger partial charge is 0.321 e. The number of thiophene rings is 1. The van der Waals surface area contributed by atoms with Gasteiger partial charge in [-0.15, -0.1) is 11.3 Å². The molecule has 0 aromatic carbocycles. The lowest BCUT2D eigenvalue weighted by Crippen LogP contribution is -2.43. The fourth-order valence-electron chi connectivity index (χ4n) is 2.45. The third-order valence-electron chi connectivity index (χ3n) is 3.53. The molecule has 2 N–H and O–H groups in total. The maximum absolute atomic E-state index is 12.1. The highest BCUT2D eigenvalue weighted by Gasteiger charge is 2.21. The van der Waals surface area contributed by atoms with Gasteiger partial charge < -0.3 is 5.32 Å². The van der Waals surface area contributed by atoms with E-state index in [1.807, 2.05) is 22.2 Å². The number of nitrogens with one attached hydrogen (secondary N) is 2. The van der Waals surface area contributed by atoms with E-state index in [0.29, 0.717) is 17.5 Å². The molecule has 1 aliphatic rings. The summed E-state index contributed by atoms with van der Waals surface area (Å²) < 4.78 is 6.09. The quantitative estimate of drug-likeness (QED) is 0.755. The third-order valence-corrected chi connectivity index (χ3v) is 5.03. The molecule has 0 spiro atoms. The molecule has 0 aliphatic carbocycles. The van der Waals surface area contributed by atoms with E-state index in [4.69, 9.17) is 0 Å². The summed E-state index contributed by atoms with van der Waals surface area (Å²) in [6.07, 6.45) is 3.21. The number of carbonyl (C=O) groups excluding carboxylic acids is 1. The first-order valence-electron chi connectivity index (χ1n) is 7.10. The molecule has 118 valence electrons. The number of anilines is 1. The second-order valence-corrected chi connectivity index (χ2v) is 6.79. The molecule has 1 aliphatic heterocycles. The Bertz CT molecular complexity index is 810. The minimum absolute atomic E-state index is 0.0360. The summed E-state index contributed by atoms with van der Waals surface area (Å²) in [5, 5.41) is 12.3. The average Bonchev–Trinajstić information content (AvgIpc) is 3.27. The Hall–Kier alpha value is -2.33. The van der Waals surface area contributed by atoms with Crippen molar-refractivity contribution in [2.24, 2.45) is 0 Å². The molecule has 4 heterocycles. The number of hydrogen-bond donors (Lipinski definition) is 2. The van der Waals surface area contributed by atoms with Crippen molar-refractivity contribution < 1.29 is 4.79 Å². The molecule has 0 fully saturated rings.